The number of fused-ring (bicyclic) bond motifs is 4. The van der Waals surface area contributed by atoms with Gasteiger partial charge in [-0.25, -0.2) is 4.98 Å². The quantitative estimate of drug-likeness (QED) is 0.665. The number of nitrogens with zero attached hydrogens (tertiary/aromatic N) is 3. The van der Waals surface area contributed by atoms with E-state index in [4.69, 9.17) is 9.51 Å². The molecule has 0 bridgehead atoms. The molecule has 4 nitrogen and oxygen atoms in total. The fourth-order valence-electron chi connectivity index (χ4n) is 5.34. The minimum atomic E-state index is 0.0519. The maximum absolute atomic E-state index is 5.57. The van der Waals surface area contributed by atoms with E-state index in [0.29, 0.717) is 11.8 Å². The number of aromatic nitrogens is 3. The smallest absolute Gasteiger partial charge is 0.143 e. The van der Waals surface area contributed by atoms with Crippen molar-refractivity contribution >= 4 is 0 Å². The number of hydrogen-bond donors (Lipinski definition) is 0. The molecule has 5 rings (SSSR count). The van der Waals surface area contributed by atoms with Crippen LogP contribution in [0, 0.1) is 12.8 Å². The summed E-state index contributed by atoms with van der Waals surface area (Å²) in [6.45, 7) is 6.81. The largest absolute Gasteiger partial charge is 0.361 e. The lowest BCUT2D eigenvalue weighted by Crippen LogP contribution is -2.44. The molecule has 0 radical (unpaired) electrons. The monoisotopic (exact) mass is 333 g/mol. The Morgan fingerprint density at radius 3 is 2.84 bits per heavy atom. The van der Waals surface area contributed by atoms with Crippen LogP contribution in [0.3, 0.4) is 0 Å². The van der Waals surface area contributed by atoms with Gasteiger partial charge in [-0.3, -0.25) is 0 Å². The van der Waals surface area contributed by atoms with Crippen molar-refractivity contribution in [2.45, 2.75) is 51.4 Å². The second-order valence-electron chi connectivity index (χ2n) is 7.87. The van der Waals surface area contributed by atoms with Gasteiger partial charge in [0.05, 0.1) is 11.9 Å². The predicted molar refractivity (Wildman–Crippen MR) is 96.1 cm³/mol. The van der Waals surface area contributed by atoms with Gasteiger partial charge in [-0.2, -0.15) is 0 Å². The maximum Gasteiger partial charge on any atom is 0.143 e. The third-order valence-electron chi connectivity index (χ3n) is 6.46. The van der Waals surface area contributed by atoms with Crippen LogP contribution in [-0.2, 0) is 18.3 Å². The highest BCUT2D eigenvalue weighted by atomic mass is 16.5. The van der Waals surface area contributed by atoms with Crippen LogP contribution in [-0.4, -0.2) is 14.7 Å². The van der Waals surface area contributed by atoms with Gasteiger partial charge in [0.25, 0.3) is 0 Å². The fourth-order valence-corrected chi connectivity index (χ4v) is 5.34. The van der Waals surface area contributed by atoms with Gasteiger partial charge in [-0.05, 0) is 44.2 Å². The third-order valence-corrected chi connectivity index (χ3v) is 6.46. The lowest BCUT2D eigenvalue weighted by molar-refractivity contribution is 0.171. The summed E-state index contributed by atoms with van der Waals surface area (Å²) in [5.74, 6) is 3.12. The Balaban J connectivity index is 1.69. The Kier molecular flexibility index (Phi) is 3.03. The average Bonchev–Trinajstić information content (AvgIpc) is 3.20. The van der Waals surface area contributed by atoms with Crippen LogP contribution < -0.4 is 0 Å². The van der Waals surface area contributed by atoms with E-state index in [1.807, 2.05) is 6.20 Å². The normalized spacial score (nSPS) is 27.5. The molecular formula is C21H23N3O. The van der Waals surface area contributed by atoms with Crippen molar-refractivity contribution in [1.82, 2.24) is 14.7 Å². The molecule has 0 unspecified atom stereocenters. The van der Waals surface area contributed by atoms with Crippen molar-refractivity contribution in [3.63, 3.8) is 0 Å². The van der Waals surface area contributed by atoms with Crippen LogP contribution >= 0.6 is 0 Å². The highest BCUT2D eigenvalue weighted by Gasteiger charge is 2.50. The molecule has 25 heavy (non-hydrogen) atoms. The van der Waals surface area contributed by atoms with Gasteiger partial charge in [0.1, 0.15) is 11.6 Å². The van der Waals surface area contributed by atoms with Crippen LogP contribution in [0.25, 0.3) is 5.69 Å². The number of rotatable bonds is 1. The van der Waals surface area contributed by atoms with Crippen LogP contribution in [0.2, 0.25) is 0 Å². The third kappa shape index (κ3) is 1.94. The first kappa shape index (κ1) is 14.9. The molecule has 3 atom stereocenters. The number of benzene rings is 1. The topological polar surface area (TPSA) is 43.9 Å². The van der Waals surface area contributed by atoms with E-state index in [1.165, 1.54) is 29.1 Å². The van der Waals surface area contributed by atoms with Gasteiger partial charge in [0.2, 0.25) is 0 Å². The molecule has 0 saturated carbocycles. The molecule has 0 fully saturated rings. The van der Waals surface area contributed by atoms with Crippen molar-refractivity contribution in [2.75, 3.05) is 0 Å². The van der Waals surface area contributed by atoms with E-state index in [0.717, 1.165) is 24.4 Å². The first-order valence-electron chi connectivity index (χ1n) is 9.17. The van der Waals surface area contributed by atoms with Crippen LogP contribution in [0.1, 0.15) is 54.7 Å². The maximum atomic E-state index is 5.57. The van der Waals surface area contributed by atoms with Gasteiger partial charge in [0.15, 0.2) is 0 Å². The van der Waals surface area contributed by atoms with E-state index < -0.39 is 0 Å². The summed E-state index contributed by atoms with van der Waals surface area (Å²) in [6.07, 6.45) is 5.11. The molecule has 0 saturated heterocycles. The van der Waals surface area contributed by atoms with Crippen LogP contribution in [0.5, 0.6) is 0 Å². The molecule has 2 aliphatic rings. The summed E-state index contributed by atoms with van der Waals surface area (Å²) in [5.41, 5.74) is 5.19. The summed E-state index contributed by atoms with van der Waals surface area (Å²) < 4.78 is 7.92. The first-order chi connectivity index (χ1) is 12.1. The van der Waals surface area contributed by atoms with E-state index >= 15 is 0 Å². The van der Waals surface area contributed by atoms with Crippen molar-refractivity contribution in [3.05, 3.63) is 65.1 Å². The molecule has 0 N–H and O–H groups in total. The van der Waals surface area contributed by atoms with Crippen molar-refractivity contribution in [1.29, 1.82) is 0 Å². The van der Waals surface area contributed by atoms with Crippen molar-refractivity contribution < 1.29 is 4.52 Å². The minimum absolute atomic E-state index is 0.0519. The Hall–Kier alpha value is -2.36. The summed E-state index contributed by atoms with van der Waals surface area (Å²) >= 11 is 0. The highest BCUT2D eigenvalue weighted by molar-refractivity contribution is 5.43. The van der Waals surface area contributed by atoms with Crippen LogP contribution in [0.4, 0.5) is 0 Å². The summed E-state index contributed by atoms with van der Waals surface area (Å²) in [4.78, 5) is 5.09. The van der Waals surface area contributed by atoms with Crippen molar-refractivity contribution in [2.24, 2.45) is 5.92 Å². The molecule has 0 aliphatic heterocycles. The van der Waals surface area contributed by atoms with Gasteiger partial charge in [-0.1, -0.05) is 37.2 Å². The van der Waals surface area contributed by atoms with Gasteiger partial charge in [0, 0.05) is 28.3 Å². The van der Waals surface area contributed by atoms with E-state index in [1.54, 1.807) is 0 Å². The molecule has 2 heterocycles. The zero-order valence-corrected chi connectivity index (χ0v) is 15.0. The van der Waals surface area contributed by atoms with Crippen molar-refractivity contribution in [3.8, 4) is 5.69 Å². The molecule has 3 aromatic rings. The lowest BCUT2D eigenvalue weighted by atomic mass is 9.57. The first-order valence-corrected chi connectivity index (χ1v) is 9.17. The molecule has 2 aliphatic carbocycles. The average molecular weight is 333 g/mol. The summed E-state index contributed by atoms with van der Waals surface area (Å²) in [6, 6.07) is 10.6. The minimum Gasteiger partial charge on any atom is -0.361 e. The van der Waals surface area contributed by atoms with E-state index in [2.05, 4.69) is 60.8 Å². The van der Waals surface area contributed by atoms with Gasteiger partial charge >= 0.3 is 0 Å². The Bertz CT molecular complexity index is 939. The second kappa shape index (κ2) is 5.07. The molecular weight excluding hydrogens is 310 g/mol. The molecule has 4 heteroatoms. The standard InChI is InChI=1S/C21H23N3O/c1-13-17-9-10-18-20(21(17,3)11-15-12-22-25-19(13)15)23-14(2)24(18)16-7-5-4-6-8-16/h4-8,12-13,17H,9-11H2,1-3H3/t13-,17-,21-/m0/s1. The zero-order valence-electron chi connectivity index (χ0n) is 15.0. The zero-order chi connectivity index (χ0) is 17.2. The van der Waals surface area contributed by atoms with E-state index in [9.17, 15) is 0 Å². The molecule has 2 aromatic heterocycles. The van der Waals surface area contributed by atoms with E-state index in [-0.39, 0.29) is 5.41 Å². The Morgan fingerprint density at radius 1 is 1.24 bits per heavy atom. The molecule has 1 aromatic carbocycles. The fraction of sp³-hybridized carbons (Fsp3) is 0.429. The number of para-hydroxylation sites is 1. The van der Waals surface area contributed by atoms with Gasteiger partial charge < -0.3 is 9.09 Å². The van der Waals surface area contributed by atoms with Gasteiger partial charge in [-0.15, -0.1) is 0 Å². The SMILES string of the molecule is Cc1nc2c(n1-c1ccccc1)CC[C@H]1[C@H](C)c3oncc3C[C@]21C. The molecule has 0 amide bonds. The second-order valence-corrected chi connectivity index (χ2v) is 7.87. The lowest BCUT2D eigenvalue weighted by Gasteiger charge is -2.46. The molecule has 128 valence electrons. The summed E-state index contributed by atoms with van der Waals surface area (Å²) in [5, 5.41) is 4.07. The summed E-state index contributed by atoms with van der Waals surface area (Å²) in [7, 11) is 0. The van der Waals surface area contributed by atoms with Crippen LogP contribution in [0.15, 0.2) is 41.1 Å². The number of aryl methyl sites for hydroxylation is 1. The number of imidazole rings is 1. The Morgan fingerprint density at radius 2 is 2.04 bits per heavy atom. The number of hydrogen-bond acceptors (Lipinski definition) is 3. The molecule has 0 spiro atoms. The predicted octanol–water partition coefficient (Wildman–Crippen LogP) is 4.35. The highest BCUT2D eigenvalue weighted by Crippen LogP contribution is 2.53. The Labute approximate surface area is 147 Å².